The Hall–Kier alpha value is -10.5. The highest BCUT2D eigenvalue weighted by molar-refractivity contribution is 5.99. The van der Waals surface area contributed by atoms with Gasteiger partial charge in [-0.05, 0) is 90.8 Å². The number of carbonyl (C=O) groups excluding carboxylic acids is 9. The first kappa shape index (κ1) is 80.2. The van der Waals surface area contributed by atoms with Crippen LogP contribution in [-0.4, -0.2) is 177 Å². The van der Waals surface area contributed by atoms with E-state index < -0.39 is 77.5 Å². The number of aromatic nitrogens is 2. The van der Waals surface area contributed by atoms with E-state index in [1.807, 2.05) is 72.5 Å². The number of fused-ring (bicyclic) bond motifs is 6. The van der Waals surface area contributed by atoms with Crippen LogP contribution in [0.2, 0.25) is 0 Å². The number of rotatable bonds is 40. The molecule has 0 fully saturated rings. The smallest absolute Gasteiger partial charge is 0.407 e. The minimum Gasteiger partial charge on any atom is -0.497 e. The first-order valence-electron chi connectivity index (χ1n) is 35.3. The lowest BCUT2D eigenvalue weighted by atomic mass is 9.86. The molecule has 4 heterocycles. The molecule has 0 bridgehead atoms. The zero-order chi connectivity index (χ0) is 75.4. The molecule has 8 rings (SSSR count). The van der Waals surface area contributed by atoms with E-state index in [0.717, 1.165) is 27.6 Å². The molecule has 3 aromatic carbocycles. The van der Waals surface area contributed by atoms with Crippen molar-refractivity contribution in [2.24, 2.45) is 17.6 Å². The van der Waals surface area contributed by atoms with Gasteiger partial charge in [0.15, 0.2) is 5.60 Å². The zero-order valence-electron chi connectivity index (χ0n) is 60.2. The van der Waals surface area contributed by atoms with Gasteiger partial charge in [-0.2, -0.15) is 0 Å². The van der Waals surface area contributed by atoms with Gasteiger partial charge in [0.1, 0.15) is 31.0 Å². The summed E-state index contributed by atoms with van der Waals surface area (Å²) in [5.41, 5.74) is 8.30. The van der Waals surface area contributed by atoms with E-state index in [0.29, 0.717) is 66.7 Å². The molecule has 105 heavy (non-hydrogen) atoms. The number of alkyl carbamates (subject to hydrolysis) is 1. The number of nitrogens with two attached hydrogens (primary N) is 1. The van der Waals surface area contributed by atoms with E-state index in [2.05, 4.69) is 49.1 Å². The Bertz CT molecular complexity index is 4110. The normalized spacial score (nSPS) is 15.0. The van der Waals surface area contributed by atoms with Crippen molar-refractivity contribution < 1.29 is 81.4 Å². The minimum absolute atomic E-state index is 0.0392. The molecule has 29 heteroatoms. The van der Waals surface area contributed by atoms with Crippen LogP contribution in [0.3, 0.4) is 0 Å². The number of allylic oxidation sites excluding steroid dienone is 2. The van der Waals surface area contributed by atoms with E-state index in [4.69, 9.17) is 43.9 Å². The van der Waals surface area contributed by atoms with Crippen molar-refractivity contribution in [3.8, 4) is 29.0 Å². The van der Waals surface area contributed by atoms with Crippen molar-refractivity contribution in [2.45, 2.75) is 130 Å². The summed E-state index contributed by atoms with van der Waals surface area (Å²) in [5.74, 6) is 3.09. The Morgan fingerprint density at radius 3 is 2.12 bits per heavy atom. The maximum absolute atomic E-state index is 14.4. The van der Waals surface area contributed by atoms with Crippen molar-refractivity contribution in [2.75, 3.05) is 91.5 Å². The van der Waals surface area contributed by atoms with Crippen LogP contribution in [-0.2, 0) is 100 Å². The number of aryl methyl sites for hydroxylation is 1. The van der Waals surface area contributed by atoms with Gasteiger partial charge in [0.2, 0.25) is 29.5 Å². The van der Waals surface area contributed by atoms with Crippen LogP contribution in [0.25, 0.3) is 22.3 Å². The molecule has 0 spiro atoms. The predicted octanol–water partition coefficient (Wildman–Crippen LogP) is 4.57. The van der Waals surface area contributed by atoms with Crippen molar-refractivity contribution in [3.05, 3.63) is 146 Å². The molecule has 1 aliphatic carbocycles. The number of nitrogens with zero attached hydrogens (tertiary/aromatic N) is 3. The molecule has 5 aromatic rings. The summed E-state index contributed by atoms with van der Waals surface area (Å²) in [5, 5.41) is 31.8. The van der Waals surface area contributed by atoms with Gasteiger partial charge in [-0.1, -0.05) is 94.2 Å². The van der Waals surface area contributed by atoms with Crippen LogP contribution in [0, 0.1) is 23.7 Å². The third-order valence-corrected chi connectivity index (χ3v) is 17.9. The van der Waals surface area contributed by atoms with Gasteiger partial charge < -0.3 is 90.7 Å². The average molecular weight is 1450 g/mol. The lowest BCUT2D eigenvalue weighted by molar-refractivity contribution is -0.143. The van der Waals surface area contributed by atoms with Crippen LogP contribution in [0.4, 0.5) is 15.3 Å². The lowest BCUT2D eigenvalue weighted by Crippen LogP contribution is -2.54. The molecule has 0 radical (unpaired) electrons. The molecular weight excluding hydrogens is 1350 g/mol. The fourth-order valence-electron chi connectivity index (χ4n) is 12.2. The quantitative estimate of drug-likeness (QED) is 0.0144. The highest BCUT2D eigenvalue weighted by Gasteiger charge is 2.42. The van der Waals surface area contributed by atoms with E-state index in [9.17, 15) is 53.1 Å². The van der Waals surface area contributed by atoms with Crippen molar-refractivity contribution in [3.63, 3.8) is 0 Å². The summed E-state index contributed by atoms with van der Waals surface area (Å²) in [7, 11) is 1.57. The zero-order valence-corrected chi connectivity index (χ0v) is 60.2. The van der Waals surface area contributed by atoms with Crippen LogP contribution in [0.5, 0.6) is 5.75 Å². The number of anilines is 1. The lowest BCUT2D eigenvalue weighted by Gasteiger charge is -2.35. The molecule has 29 nitrogen and oxygen atoms in total. The molecule has 0 saturated heterocycles. The van der Waals surface area contributed by atoms with Gasteiger partial charge >= 0.3 is 18.1 Å². The highest BCUT2D eigenvalue weighted by Crippen LogP contribution is 2.40. The number of benzene rings is 3. The fraction of sp³-hybridized carbons (Fsp3) is 0.461. The third kappa shape index (κ3) is 22.7. The number of nitrogens with one attached hydrogen (secondary N) is 7. The van der Waals surface area contributed by atoms with Crippen molar-refractivity contribution in [1.82, 2.24) is 46.4 Å². The Kier molecular flexibility index (Phi) is 30.5. The fourth-order valence-corrected chi connectivity index (χ4v) is 12.2. The SMILES string of the molecule is CCc1c2c(nc3ccc(OC)cc13)-c1cc([C@@](O)(CC)C(=O)NCCNC(=O)OCc3ccc(NC(=O)[C@H](CCCNC(N)=O)NC(=O)[C@@H](NC(=O)CCOCCOCCOCCOCCNC(=O)CCC(=O)N4Cc5ccccc5C#CC5C=CC=CC54)C(C)C)cc3)c(COC(C)=O)c(=O)n1C2. The van der Waals surface area contributed by atoms with Gasteiger partial charge in [0.05, 0.1) is 101 Å². The molecule has 9 amide bonds. The Balaban J connectivity index is 0.697. The van der Waals surface area contributed by atoms with Gasteiger partial charge in [-0.25, -0.2) is 14.6 Å². The summed E-state index contributed by atoms with van der Waals surface area (Å²) in [4.78, 5) is 138. The number of primary amides is 1. The van der Waals surface area contributed by atoms with Gasteiger partial charge in [-0.15, -0.1) is 0 Å². The monoisotopic (exact) mass is 1450 g/mol. The molecule has 5 atom stereocenters. The van der Waals surface area contributed by atoms with E-state index >= 15 is 0 Å². The number of pyridine rings is 2. The number of carbonyl (C=O) groups is 9. The maximum Gasteiger partial charge on any atom is 0.407 e. The Morgan fingerprint density at radius 2 is 1.43 bits per heavy atom. The van der Waals surface area contributed by atoms with E-state index in [-0.39, 0.29) is 146 Å². The number of amides is 9. The second kappa shape index (κ2) is 39.9. The minimum atomic E-state index is -2.29. The summed E-state index contributed by atoms with van der Waals surface area (Å²) >= 11 is 0. The van der Waals surface area contributed by atoms with Crippen LogP contribution < -0.4 is 53.2 Å². The van der Waals surface area contributed by atoms with Gasteiger partial charge in [0, 0.05) is 86.7 Å². The molecule has 2 unspecified atom stereocenters. The molecule has 2 aromatic heterocycles. The summed E-state index contributed by atoms with van der Waals surface area (Å²) in [6, 6.07) is 18.0. The molecule has 10 N–H and O–H groups in total. The first-order valence-corrected chi connectivity index (χ1v) is 35.3. The van der Waals surface area contributed by atoms with Gasteiger partial charge in [-0.3, -0.25) is 38.4 Å². The topological polar surface area (TPSA) is 387 Å². The van der Waals surface area contributed by atoms with Crippen LogP contribution >= 0.6 is 0 Å². The summed E-state index contributed by atoms with van der Waals surface area (Å²) < 4.78 is 40.0. The number of aliphatic hydroxyl groups is 1. The standard InChI is InChI=1S/C76H95N11O18/c1-7-56-57-42-55(99-6)25-26-61(57)83-69-58(56)45-87-64(69)43-60(59(72(87)94)47-104-49(5)88)76(98,8-2)73(95)79-31-32-81-75(97)105-46-50-19-23-54(24-20-50)82-70(92)62(17-13-30-80-74(77)96)84-71(93)68(48(3)4)85-66(90)29-34-100-36-38-102-40-41-103-39-37-101-35-33-78-65(89)27-28-67(91)86-44-53-16-10-9-14-51(53)21-22-52-15-11-12-18-63(52)86/h9-12,14-16,18-20,23-26,42-43,48,52,62-63,68,98H,7-8,13,17,27-41,44-47H2,1-6H3,(H,78,89)(H,79,95)(H,81,97)(H,82,92)(H,84,93)(H,85,90)(H3,77,80,96)/t52?,62-,63?,68-,76-/m0/s1. The number of methoxy groups -OCH3 is 1. The maximum atomic E-state index is 14.4. The molecule has 2 aliphatic heterocycles. The number of hydrogen-bond donors (Lipinski definition) is 9. The largest absolute Gasteiger partial charge is 0.497 e. The number of esters is 1. The Morgan fingerprint density at radius 1 is 0.724 bits per heavy atom. The number of ether oxygens (including phenoxy) is 7. The second-order valence-corrected chi connectivity index (χ2v) is 25.5. The Labute approximate surface area is 609 Å². The molecule has 3 aliphatic rings. The highest BCUT2D eigenvalue weighted by atomic mass is 16.6. The number of hydrogen-bond acceptors (Lipinski definition) is 19. The van der Waals surface area contributed by atoms with Crippen molar-refractivity contribution >= 4 is 70.1 Å². The van der Waals surface area contributed by atoms with Crippen LogP contribution in [0.15, 0.2) is 102 Å². The van der Waals surface area contributed by atoms with Crippen molar-refractivity contribution in [1.29, 1.82) is 0 Å². The first-order chi connectivity index (χ1) is 50.6. The molecule has 562 valence electrons. The summed E-state index contributed by atoms with van der Waals surface area (Å²) in [6.45, 7) is 10.1. The van der Waals surface area contributed by atoms with E-state index in [1.54, 1.807) is 64.3 Å². The molecular formula is C76H95N11O18. The second-order valence-electron chi connectivity index (χ2n) is 25.5. The van der Waals surface area contributed by atoms with Gasteiger partial charge in [0.25, 0.3) is 11.5 Å². The molecule has 0 saturated carbocycles. The average Bonchev–Trinajstić information content (AvgIpc) is 1.60. The number of urea groups is 1. The predicted molar refractivity (Wildman–Crippen MR) is 387 cm³/mol. The summed E-state index contributed by atoms with van der Waals surface area (Å²) in [6.07, 6.45) is 7.79. The third-order valence-electron chi connectivity index (χ3n) is 17.9. The van der Waals surface area contributed by atoms with Crippen LogP contribution in [0.1, 0.15) is 112 Å². The van der Waals surface area contributed by atoms with E-state index in [1.165, 1.54) is 11.5 Å².